The monoisotopic (exact) mass is 439 g/mol. The first-order chi connectivity index (χ1) is 13.3. The third-order valence-electron chi connectivity index (χ3n) is 4.72. The molecule has 2 heterocycles. The lowest BCUT2D eigenvalue weighted by Crippen LogP contribution is -2.54. The number of benzene rings is 1. The Bertz CT molecular complexity index is 728. The molecule has 0 saturated carbocycles. The molecule has 3 rings (SSSR count). The van der Waals surface area contributed by atoms with Gasteiger partial charge in [-0.15, -0.1) is 11.8 Å². The van der Waals surface area contributed by atoms with E-state index >= 15 is 0 Å². The molecule has 0 amide bonds. The van der Waals surface area contributed by atoms with Crippen molar-refractivity contribution >= 4 is 46.5 Å². The van der Waals surface area contributed by atoms with E-state index in [0.717, 1.165) is 55.9 Å². The van der Waals surface area contributed by atoms with Gasteiger partial charge in [-0.2, -0.15) is 0 Å². The predicted molar refractivity (Wildman–Crippen MR) is 123 cm³/mol. The normalized spacial score (nSPS) is 17.6. The van der Waals surface area contributed by atoms with E-state index in [9.17, 15) is 0 Å². The maximum absolute atomic E-state index is 5.87. The molecule has 2 aliphatic rings. The van der Waals surface area contributed by atoms with Gasteiger partial charge < -0.3 is 24.2 Å². The summed E-state index contributed by atoms with van der Waals surface area (Å²) in [6.07, 6.45) is 0. The van der Waals surface area contributed by atoms with Crippen LogP contribution in [0.2, 0.25) is 0 Å². The number of nitrogens with zero attached hydrogens (tertiary/aromatic N) is 3. The van der Waals surface area contributed by atoms with Crippen LogP contribution in [-0.2, 0) is 11.3 Å². The number of thioether (sulfide) groups is 1. The average Bonchev–Trinajstić information content (AvgIpc) is 2.87. The molecule has 1 fully saturated rings. The molecule has 0 unspecified atom stereocenters. The van der Waals surface area contributed by atoms with Crippen LogP contribution in [0, 0.1) is 0 Å². The van der Waals surface area contributed by atoms with Crippen molar-refractivity contribution < 1.29 is 9.47 Å². The Morgan fingerprint density at radius 3 is 2.32 bits per heavy atom. The molecule has 1 aromatic carbocycles. The van der Waals surface area contributed by atoms with Crippen molar-refractivity contribution in [3.8, 4) is 5.75 Å². The molecular weight excluding hydrogens is 410 g/mol. The minimum atomic E-state index is -0.262. The number of hydrogen-bond donors (Lipinski definition) is 0. The molecule has 5 nitrogen and oxygen atoms in total. The first-order valence-corrected chi connectivity index (χ1v) is 11.4. The largest absolute Gasteiger partial charge is 0.497 e. The Kier molecular flexibility index (Phi) is 6.94. The first-order valence-electron chi connectivity index (χ1n) is 9.58. The molecule has 2 aliphatic heterocycles. The summed E-state index contributed by atoms with van der Waals surface area (Å²) in [5, 5.41) is 1.52. The highest BCUT2D eigenvalue weighted by molar-refractivity contribution is 7.99. The second-order valence-electron chi connectivity index (χ2n) is 7.98. The summed E-state index contributed by atoms with van der Waals surface area (Å²) in [5.74, 6) is 1.93. The summed E-state index contributed by atoms with van der Waals surface area (Å²) in [5.41, 5.74) is 1.02. The number of thiocarbonyl (C=S) groups is 2. The molecule has 0 atom stereocenters. The van der Waals surface area contributed by atoms with Gasteiger partial charge in [-0.1, -0.05) is 0 Å². The summed E-state index contributed by atoms with van der Waals surface area (Å²) < 4.78 is 11.2. The van der Waals surface area contributed by atoms with Crippen LogP contribution < -0.4 is 4.74 Å². The predicted octanol–water partition coefficient (Wildman–Crippen LogP) is 3.61. The molecule has 0 N–H and O–H groups in total. The van der Waals surface area contributed by atoms with Gasteiger partial charge in [-0.25, -0.2) is 0 Å². The second kappa shape index (κ2) is 9.05. The van der Waals surface area contributed by atoms with Crippen molar-refractivity contribution in [2.45, 2.75) is 37.8 Å². The van der Waals surface area contributed by atoms with Crippen LogP contribution in [0.15, 0.2) is 23.1 Å². The van der Waals surface area contributed by atoms with Gasteiger partial charge >= 0.3 is 0 Å². The zero-order valence-corrected chi connectivity index (χ0v) is 19.5. The highest BCUT2D eigenvalue weighted by atomic mass is 32.2. The molecule has 28 heavy (non-hydrogen) atoms. The van der Waals surface area contributed by atoms with E-state index in [1.807, 2.05) is 38.6 Å². The standard InChI is InChI=1S/C20H29N3O2S3/c1-20(2,3)25-19(27)22-9-7-21(8-10-22)18(26)23-11-12-28-17-6-5-16(24-4)13-15(17)14-23/h5-6,13H,7-12,14H2,1-4H3. The van der Waals surface area contributed by atoms with Crippen molar-refractivity contribution in [3.63, 3.8) is 0 Å². The van der Waals surface area contributed by atoms with Gasteiger partial charge in [-0.3, -0.25) is 0 Å². The average molecular weight is 440 g/mol. The van der Waals surface area contributed by atoms with Gasteiger partial charge in [0.2, 0.25) is 0 Å². The van der Waals surface area contributed by atoms with E-state index in [1.165, 1.54) is 10.5 Å². The fourth-order valence-corrected chi connectivity index (χ4v) is 5.04. The van der Waals surface area contributed by atoms with Gasteiger partial charge in [-0.05, 0) is 69.0 Å². The number of ether oxygens (including phenoxy) is 2. The second-order valence-corrected chi connectivity index (χ2v) is 9.83. The highest BCUT2D eigenvalue weighted by Gasteiger charge is 2.27. The SMILES string of the molecule is COc1ccc2c(c1)CN(C(=S)N1CCN(C(=S)OC(C)(C)C)CC1)CCS2. The lowest BCUT2D eigenvalue weighted by Gasteiger charge is -2.40. The number of methoxy groups -OCH3 is 1. The molecular formula is C20H29N3O2S3. The topological polar surface area (TPSA) is 28.2 Å². The first kappa shape index (κ1) is 21.5. The van der Waals surface area contributed by atoms with Crippen molar-refractivity contribution in [2.75, 3.05) is 45.6 Å². The van der Waals surface area contributed by atoms with Gasteiger partial charge in [0.15, 0.2) is 5.11 Å². The van der Waals surface area contributed by atoms with Crippen molar-refractivity contribution in [2.24, 2.45) is 0 Å². The molecule has 0 aromatic heterocycles. The number of fused-ring (bicyclic) bond motifs is 1. The van der Waals surface area contributed by atoms with E-state index in [0.29, 0.717) is 5.17 Å². The van der Waals surface area contributed by atoms with Crippen LogP contribution in [0.25, 0.3) is 0 Å². The molecule has 0 radical (unpaired) electrons. The van der Waals surface area contributed by atoms with Crippen LogP contribution in [0.3, 0.4) is 0 Å². The Morgan fingerprint density at radius 2 is 1.68 bits per heavy atom. The van der Waals surface area contributed by atoms with Gasteiger partial charge in [0.05, 0.1) is 7.11 Å². The van der Waals surface area contributed by atoms with E-state index in [1.54, 1.807) is 7.11 Å². The fourth-order valence-electron chi connectivity index (χ4n) is 3.27. The molecule has 0 bridgehead atoms. The summed E-state index contributed by atoms with van der Waals surface area (Å²) in [6.45, 7) is 11.2. The summed E-state index contributed by atoms with van der Waals surface area (Å²) in [4.78, 5) is 8.06. The van der Waals surface area contributed by atoms with E-state index in [4.69, 9.17) is 33.9 Å². The molecule has 154 valence electrons. The molecule has 0 aliphatic carbocycles. The van der Waals surface area contributed by atoms with Gasteiger partial charge in [0, 0.05) is 49.9 Å². The number of hydrogen-bond acceptors (Lipinski definition) is 5. The van der Waals surface area contributed by atoms with Gasteiger partial charge in [0.25, 0.3) is 5.17 Å². The Morgan fingerprint density at radius 1 is 1.00 bits per heavy atom. The zero-order valence-electron chi connectivity index (χ0n) is 17.1. The fraction of sp³-hybridized carbons (Fsp3) is 0.600. The Labute approximate surface area is 183 Å². The van der Waals surface area contributed by atoms with E-state index in [2.05, 4.69) is 26.8 Å². The van der Waals surface area contributed by atoms with Crippen LogP contribution >= 0.6 is 36.2 Å². The minimum absolute atomic E-state index is 0.262. The lowest BCUT2D eigenvalue weighted by atomic mass is 10.2. The van der Waals surface area contributed by atoms with E-state index < -0.39 is 0 Å². The van der Waals surface area contributed by atoms with Crippen LogP contribution in [0.5, 0.6) is 5.75 Å². The van der Waals surface area contributed by atoms with Crippen LogP contribution in [0.4, 0.5) is 0 Å². The molecule has 1 saturated heterocycles. The van der Waals surface area contributed by atoms with Crippen LogP contribution in [-0.4, -0.2) is 76.2 Å². The zero-order chi connectivity index (χ0) is 20.3. The van der Waals surface area contributed by atoms with Gasteiger partial charge in [0.1, 0.15) is 11.4 Å². The lowest BCUT2D eigenvalue weighted by molar-refractivity contribution is 0.0853. The van der Waals surface area contributed by atoms with Crippen LogP contribution in [0.1, 0.15) is 26.3 Å². The summed E-state index contributed by atoms with van der Waals surface area (Å²) in [6, 6.07) is 6.31. The number of rotatable bonds is 1. The molecule has 0 spiro atoms. The molecule has 1 aromatic rings. The third-order valence-corrected chi connectivity index (χ3v) is 6.67. The van der Waals surface area contributed by atoms with Crippen molar-refractivity contribution in [1.82, 2.24) is 14.7 Å². The highest BCUT2D eigenvalue weighted by Crippen LogP contribution is 2.31. The van der Waals surface area contributed by atoms with E-state index in [-0.39, 0.29) is 5.60 Å². The third kappa shape index (κ3) is 5.42. The Hall–Kier alpha value is -1.25. The Balaban J connectivity index is 1.59. The smallest absolute Gasteiger partial charge is 0.259 e. The minimum Gasteiger partial charge on any atom is -0.497 e. The maximum Gasteiger partial charge on any atom is 0.259 e. The van der Waals surface area contributed by atoms with Crippen molar-refractivity contribution in [3.05, 3.63) is 23.8 Å². The number of piperazine rings is 1. The molecule has 8 heteroatoms. The maximum atomic E-state index is 5.87. The summed E-state index contributed by atoms with van der Waals surface area (Å²) >= 11 is 13.2. The quantitative estimate of drug-likeness (QED) is 0.613. The van der Waals surface area contributed by atoms with Crippen molar-refractivity contribution in [1.29, 1.82) is 0 Å². The summed E-state index contributed by atoms with van der Waals surface area (Å²) in [7, 11) is 1.71.